The maximum absolute atomic E-state index is 9.30. The fraction of sp³-hybridized carbons (Fsp3) is 0.462. The number of nitrogens with two attached hydrogens (primary N) is 1. The summed E-state index contributed by atoms with van der Waals surface area (Å²) >= 11 is 1.47. The smallest absolute Gasteiger partial charge is 0.496 e. The van der Waals surface area contributed by atoms with Gasteiger partial charge in [-0.25, -0.2) is 0 Å². The molecule has 3 N–H and O–H groups in total. The van der Waals surface area contributed by atoms with E-state index in [1.165, 1.54) is 24.6 Å². The first-order chi connectivity index (χ1) is 15.9. The monoisotopic (exact) mass is 503 g/mol. The Bertz CT molecular complexity index is 1010. The van der Waals surface area contributed by atoms with Crippen LogP contribution in [0.1, 0.15) is 70.9 Å². The summed E-state index contributed by atoms with van der Waals surface area (Å²) in [5.41, 5.74) is 11.9. The van der Waals surface area contributed by atoms with Gasteiger partial charge in [0.15, 0.2) is 0 Å². The number of ether oxygens (including phenoxy) is 1. The molecule has 1 aromatic carbocycles. The molecule has 0 bridgehead atoms. The van der Waals surface area contributed by atoms with E-state index in [1.54, 1.807) is 13.2 Å². The average molecular weight is 504 g/mol. The number of methoxy groups -OCH3 is 1. The van der Waals surface area contributed by atoms with Crippen molar-refractivity contribution in [1.29, 1.82) is 5.26 Å². The molecule has 0 saturated heterocycles. The van der Waals surface area contributed by atoms with Crippen LogP contribution in [0.2, 0.25) is 0 Å². The molecule has 34 heavy (non-hydrogen) atoms. The van der Waals surface area contributed by atoms with Gasteiger partial charge in [0.2, 0.25) is 0 Å². The molecule has 6 nitrogen and oxygen atoms in total. The van der Waals surface area contributed by atoms with Gasteiger partial charge in [-0.2, -0.15) is 5.26 Å². The average Bonchev–Trinajstić information content (AvgIpc) is 3.41. The van der Waals surface area contributed by atoms with E-state index in [0.717, 1.165) is 36.1 Å². The quantitative estimate of drug-likeness (QED) is 0.353. The standard InChI is InChI=1S/C22H24N5OS.C4H10.K/c1-4-6-18(16(5-2)17-13-15(14-23)7-8-19(17)28-3)25-21-27-26-20(29-21)9-10-22(24)11-12-22;1-3-4-2;/h4,6-8,13,20,26H,5,11-12,24H2,1-3H3;3-4H2,1-2H3;/q-1;;+1/b6-4-,18-16-;;. The van der Waals surface area contributed by atoms with Crippen molar-refractivity contribution < 1.29 is 56.1 Å². The van der Waals surface area contributed by atoms with Crippen LogP contribution in [0.4, 0.5) is 0 Å². The SMILES string of the molecule is C/C=C\C([N-]C1=NNC(C#CC2(N)CC2)S1)=C(/CC)c1cc(C#N)ccc1OC.CCCC.[K+]. The molecule has 3 rings (SSSR count). The molecule has 2 aliphatic rings. The molecule has 1 fully saturated rings. The van der Waals surface area contributed by atoms with E-state index >= 15 is 0 Å². The minimum absolute atomic E-state index is 0. The van der Waals surface area contributed by atoms with Crippen molar-refractivity contribution in [3.8, 4) is 23.7 Å². The molecule has 0 radical (unpaired) electrons. The van der Waals surface area contributed by atoms with Crippen molar-refractivity contribution in [3.63, 3.8) is 0 Å². The van der Waals surface area contributed by atoms with Crippen molar-refractivity contribution >= 4 is 22.5 Å². The van der Waals surface area contributed by atoms with Crippen LogP contribution in [0.25, 0.3) is 10.9 Å². The van der Waals surface area contributed by atoms with Crippen LogP contribution in [0.15, 0.2) is 41.1 Å². The Labute approximate surface area is 251 Å². The van der Waals surface area contributed by atoms with Gasteiger partial charge in [-0.05, 0) is 60.8 Å². The van der Waals surface area contributed by atoms with Crippen LogP contribution in [-0.4, -0.2) is 23.2 Å². The summed E-state index contributed by atoms with van der Waals surface area (Å²) in [5, 5.41) is 18.8. The summed E-state index contributed by atoms with van der Waals surface area (Å²) in [6.45, 7) is 8.36. The van der Waals surface area contributed by atoms with Gasteiger partial charge in [-0.1, -0.05) is 69.4 Å². The summed E-state index contributed by atoms with van der Waals surface area (Å²) < 4.78 is 5.53. The molecule has 1 heterocycles. The normalized spacial score (nSPS) is 17.9. The number of nitrogens with one attached hydrogen (secondary N) is 1. The summed E-state index contributed by atoms with van der Waals surface area (Å²) in [7, 11) is 1.62. The van der Waals surface area contributed by atoms with E-state index in [2.05, 4.69) is 49.2 Å². The van der Waals surface area contributed by atoms with Gasteiger partial charge >= 0.3 is 51.4 Å². The number of hydrogen-bond acceptors (Lipinski definition) is 6. The first kappa shape index (κ1) is 30.8. The molecule has 1 aromatic rings. The van der Waals surface area contributed by atoms with E-state index in [1.807, 2.05) is 31.2 Å². The molecule has 1 saturated carbocycles. The van der Waals surface area contributed by atoms with Crippen molar-refractivity contribution in [2.75, 3.05) is 7.11 Å². The molecule has 0 spiro atoms. The Kier molecular flexibility index (Phi) is 14.2. The topological polar surface area (TPSA) is 97.5 Å². The number of unbranched alkanes of at least 4 members (excludes halogenated alkanes) is 1. The Morgan fingerprint density at radius 3 is 2.59 bits per heavy atom. The number of allylic oxidation sites excluding steroid dienone is 3. The van der Waals surface area contributed by atoms with Crippen LogP contribution in [-0.2, 0) is 0 Å². The van der Waals surface area contributed by atoms with Crippen LogP contribution >= 0.6 is 11.8 Å². The van der Waals surface area contributed by atoms with Gasteiger partial charge in [0.1, 0.15) is 11.1 Å². The van der Waals surface area contributed by atoms with Crippen molar-refractivity contribution in [2.45, 2.75) is 70.7 Å². The van der Waals surface area contributed by atoms with Crippen LogP contribution in [0, 0.1) is 23.2 Å². The molecule has 1 aliphatic heterocycles. The Morgan fingerprint density at radius 2 is 2.06 bits per heavy atom. The third-order valence-corrected chi connectivity index (χ3v) is 5.95. The summed E-state index contributed by atoms with van der Waals surface area (Å²) in [6, 6.07) is 7.58. The van der Waals surface area contributed by atoms with E-state index in [-0.39, 0.29) is 62.3 Å². The van der Waals surface area contributed by atoms with Gasteiger partial charge in [-0.15, -0.1) is 0 Å². The number of thioether (sulfide) groups is 1. The van der Waals surface area contributed by atoms with Gasteiger partial charge in [0.25, 0.3) is 0 Å². The predicted molar refractivity (Wildman–Crippen MR) is 140 cm³/mol. The number of amidine groups is 1. The first-order valence-corrected chi connectivity index (χ1v) is 12.3. The molecular weight excluding hydrogens is 469 g/mol. The zero-order valence-corrected chi connectivity index (χ0v) is 25.2. The maximum Gasteiger partial charge on any atom is 1.00 e. The van der Waals surface area contributed by atoms with Crippen LogP contribution in [0.5, 0.6) is 5.75 Å². The Balaban J connectivity index is 0.00000107. The zero-order chi connectivity index (χ0) is 24.3. The number of nitrogens with zero attached hydrogens (tertiary/aromatic N) is 3. The van der Waals surface area contributed by atoms with E-state index in [4.69, 9.17) is 15.8 Å². The largest absolute Gasteiger partial charge is 1.00 e. The fourth-order valence-electron chi connectivity index (χ4n) is 2.84. The minimum Gasteiger partial charge on any atom is -0.496 e. The maximum atomic E-state index is 9.30. The molecular formula is C26H34KN5OS. The van der Waals surface area contributed by atoms with Crippen LogP contribution in [0.3, 0.4) is 0 Å². The van der Waals surface area contributed by atoms with E-state index < -0.39 is 0 Å². The van der Waals surface area contributed by atoms with Gasteiger partial charge in [-0.3, -0.25) is 0 Å². The minimum atomic E-state index is -0.310. The Morgan fingerprint density at radius 1 is 1.35 bits per heavy atom. The Hall–Kier alpha value is -1.23. The second kappa shape index (κ2) is 15.7. The molecule has 0 amide bonds. The molecule has 1 aliphatic carbocycles. The van der Waals surface area contributed by atoms with Gasteiger partial charge in [0.05, 0.1) is 24.3 Å². The van der Waals surface area contributed by atoms with Crippen LogP contribution < -0.4 is 67.3 Å². The van der Waals surface area contributed by atoms with Crippen molar-refractivity contribution in [2.24, 2.45) is 10.8 Å². The third kappa shape index (κ3) is 9.43. The van der Waals surface area contributed by atoms with Crippen molar-refractivity contribution in [3.05, 3.63) is 52.5 Å². The molecule has 1 unspecified atom stereocenters. The molecule has 0 aromatic heterocycles. The summed E-state index contributed by atoms with van der Waals surface area (Å²) in [4.78, 5) is 0. The zero-order valence-electron chi connectivity index (χ0n) is 21.2. The first-order valence-electron chi connectivity index (χ1n) is 11.4. The number of benzene rings is 1. The number of rotatable bonds is 6. The summed E-state index contributed by atoms with van der Waals surface area (Å²) in [5.74, 6) is 6.96. The van der Waals surface area contributed by atoms with Crippen molar-refractivity contribution in [1.82, 2.24) is 5.43 Å². The fourth-order valence-corrected chi connectivity index (χ4v) is 3.53. The van der Waals surface area contributed by atoms with Gasteiger partial charge in [0, 0.05) is 5.56 Å². The number of hydrazone groups is 1. The van der Waals surface area contributed by atoms with E-state index in [9.17, 15) is 5.26 Å². The number of nitriles is 1. The predicted octanol–water partition coefficient (Wildman–Crippen LogP) is 2.88. The third-order valence-electron chi connectivity index (χ3n) is 5.10. The molecule has 1 atom stereocenters. The molecule has 8 heteroatoms. The second-order valence-corrected chi connectivity index (χ2v) is 8.88. The second-order valence-electron chi connectivity index (χ2n) is 7.80. The number of hydrogen-bond donors (Lipinski definition) is 2. The van der Waals surface area contributed by atoms with E-state index in [0.29, 0.717) is 16.5 Å². The summed E-state index contributed by atoms with van der Waals surface area (Å²) in [6.07, 6.45) is 9.14. The van der Waals surface area contributed by atoms with Gasteiger partial charge < -0.3 is 26.3 Å². The molecule has 176 valence electrons.